The molecule has 1 aliphatic rings. The minimum absolute atomic E-state index is 0.0167. The number of amides is 1. The number of hydrogen-bond donors (Lipinski definition) is 5. The standard InChI is InChI=1S/C30H29NO10/c1-15(2)40-30(39)19-5-3-7-21(33)25(19)27(36)26-22(34)13-17(14-23(26)35)29(38)41-24-8-4-6-20(24)31-28(37)16-9-11-18(32)12-10-16/h3,5,7,9-15,20,24,32-35H,4,6,8H2,1-2H3,(H,31,37)/t20-,24-/m1/s1. The Labute approximate surface area is 235 Å². The Hall–Kier alpha value is -5.06. The van der Waals surface area contributed by atoms with E-state index in [-0.39, 0.29) is 16.9 Å². The van der Waals surface area contributed by atoms with Crippen molar-refractivity contribution < 1.29 is 49.1 Å². The molecule has 0 heterocycles. The van der Waals surface area contributed by atoms with Gasteiger partial charge >= 0.3 is 11.9 Å². The average Bonchev–Trinajstić information content (AvgIpc) is 3.33. The van der Waals surface area contributed by atoms with E-state index in [2.05, 4.69) is 5.32 Å². The SMILES string of the molecule is CC(C)OC(=O)c1cccc(O)c1C(=O)c1c(O)cc(C(=O)O[C@@H]2CCC[C@H]2NC(=O)c2ccc(O)cc2)cc1O. The zero-order chi connectivity index (χ0) is 29.8. The minimum Gasteiger partial charge on any atom is -0.508 e. The summed E-state index contributed by atoms with van der Waals surface area (Å²) < 4.78 is 10.7. The number of carbonyl (C=O) groups is 4. The summed E-state index contributed by atoms with van der Waals surface area (Å²) in [5, 5.41) is 43.9. The van der Waals surface area contributed by atoms with Crippen LogP contribution in [0.5, 0.6) is 23.0 Å². The van der Waals surface area contributed by atoms with Crippen molar-refractivity contribution in [1.82, 2.24) is 5.32 Å². The molecule has 3 aromatic rings. The highest BCUT2D eigenvalue weighted by atomic mass is 16.5. The number of carbonyl (C=O) groups excluding carboxylic acids is 4. The van der Waals surface area contributed by atoms with E-state index < -0.39 is 70.3 Å². The molecule has 5 N–H and O–H groups in total. The number of phenolic OH excluding ortho intramolecular Hbond substituents is 4. The van der Waals surface area contributed by atoms with E-state index >= 15 is 0 Å². The molecular formula is C30H29NO10. The van der Waals surface area contributed by atoms with E-state index in [4.69, 9.17) is 9.47 Å². The zero-order valence-electron chi connectivity index (χ0n) is 22.3. The monoisotopic (exact) mass is 563 g/mol. The molecule has 0 aliphatic heterocycles. The van der Waals surface area contributed by atoms with E-state index in [1.54, 1.807) is 13.8 Å². The van der Waals surface area contributed by atoms with Gasteiger partial charge in [-0.05, 0) is 81.6 Å². The van der Waals surface area contributed by atoms with Gasteiger partial charge in [0.15, 0.2) is 0 Å². The van der Waals surface area contributed by atoms with E-state index in [1.165, 1.54) is 36.4 Å². The lowest BCUT2D eigenvalue weighted by atomic mass is 9.95. The lowest BCUT2D eigenvalue weighted by Crippen LogP contribution is -2.41. The molecule has 214 valence electrons. The molecule has 1 amide bonds. The fraction of sp³-hybridized carbons (Fsp3) is 0.267. The molecule has 0 aromatic heterocycles. The van der Waals surface area contributed by atoms with Crippen molar-refractivity contribution in [3.8, 4) is 23.0 Å². The van der Waals surface area contributed by atoms with Crippen LogP contribution in [0.4, 0.5) is 0 Å². The number of aromatic hydroxyl groups is 4. The highest BCUT2D eigenvalue weighted by Crippen LogP contribution is 2.35. The summed E-state index contributed by atoms with van der Waals surface area (Å²) >= 11 is 0. The van der Waals surface area contributed by atoms with Crippen LogP contribution in [-0.2, 0) is 9.47 Å². The largest absolute Gasteiger partial charge is 0.508 e. The quantitative estimate of drug-likeness (QED) is 0.200. The third-order valence-corrected chi connectivity index (χ3v) is 6.55. The van der Waals surface area contributed by atoms with Gasteiger partial charge < -0.3 is 35.2 Å². The lowest BCUT2D eigenvalue weighted by molar-refractivity contribution is 0.0249. The molecule has 0 radical (unpaired) electrons. The molecule has 1 aliphatic carbocycles. The third-order valence-electron chi connectivity index (χ3n) is 6.55. The van der Waals surface area contributed by atoms with Gasteiger partial charge in [0.2, 0.25) is 5.78 Å². The number of ether oxygens (including phenoxy) is 2. The van der Waals surface area contributed by atoms with Crippen LogP contribution in [0.15, 0.2) is 54.6 Å². The van der Waals surface area contributed by atoms with Crippen LogP contribution < -0.4 is 5.32 Å². The van der Waals surface area contributed by atoms with Crippen molar-refractivity contribution in [2.75, 3.05) is 0 Å². The molecule has 0 saturated heterocycles. The van der Waals surface area contributed by atoms with E-state index in [0.717, 1.165) is 18.2 Å². The maximum Gasteiger partial charge on any atom is 0.339 e. The average molecular weight is 564 g/mol. The Morgan fingerprint density at radius 2 is 1.46 bits per heavy atom. The first kappa shape index (κ1) is 28.9. The second-order valence-electron chi connectivity index (χ2n) is 9.87. The first-order valence-corrected chi connectivity index (χ1v) is 12.9. The molecule has 11 heteroatoms. The van der Waals surface area contributed by atoms with E-state index in [9.17, 15) is 39.6 Å². The maximum absolute atomic E-state index is 13.3. The second kappa shape index (κ2) is 12.0. The Bertz CT molecular complexity index is 1470. The molecule has 3 aromatic carbocycles. The predicted molar refractivity (Wildman–Crippen MR) is 144 cm³/mol. The van der Waals surface area contributed by atoms with Gasteiger partial charge in [0.1, 0.15) is 34.7 Å². The van der Waals surface area contributed by atoms with Crippen LogP contribution in [0.3, 0.4) is 0 Å². The second-order valence-corrected chi connectivity index (χ2v) is 9.87. The smallest absolute Gasteiger partial charge is 0.339 e. The summed E-state index contributed by atoms with van der Waals surface area (Å²) in [4.78, 5) is 51.3. The number of ketones is 1. The van der Waals surface area contributed by atoms with Gasteiger partial charge in [-0.2, -0.15) is 0 Å². The number of benzene rings is 3. The fourth-order valence-electron chi connectivity index (χ4n) is 4.62. The molecule has 41 heavy (non-hydrogen) atoms. The van der Waals surface area contributed by atoms with Gasteiger partial charge in [0, 0.05) is 5.56 Å². The highest BCUT2D eigenvalue weighted by molar-refractivity contribution is 6.18. The molecule has 0 bridgehead atoms. The summed E-state index contributed by atoms with van der Waals surface area (Å²) in [6.07, 6.45) is 0.479. The first-order valence-electron chi connectivity index (χ1n) is 12.9. The van der Waals surface area contributed by atoms with Crippen molar-refractivity contribution in [1.29, 1.82) is 0 Å². The summed E-state index contributed by atoms with van der Waals surface area (Å²) in [5.74, 6) is -5.39. The van der Waals surface area contributed by atoms with Gasteiger partial charge in [0.25, 0.3) is 5.91 Å². The molecule has 0 spiro atoms. The van der Waals surface area contributed by atoms with Gasteiger partial charge in [0.05, 0.1) is 28.8 Å². The van der Waals surface area contributed by atoms with Crippen LogP contribution in [0.2, 0.25) is 0 Å². The Balaban J connectivity index is 1.52. The van der Waals surface area contributed by atoms with Crippen molar-refractivity contribution in [2.45, 2.75) is 51.4 Å². The molecule has 2 atom stereocenters. The van der Waals surface area contributed by atoms with Crippen molar-refractivity contribution in [2.24, 2.45) is 0 Å². The number of hydrogen-bond acceptors (Lipinski definition) is 10. The van der Waals surface area contributed by atoms with Crippen molar-refractivity contribution in [3.63, 3.8) is 0 Å². The zero-order valence-corrected chi connectivity index (χ0v) is 22.3. The molecule has 1 fully saturated rings. The predicted octanol–water partition coefficient (Wildman–Crippen LogP) is 3.81. The van der Waals surface area contributed by atoms with Crippen molar-refractivity contribution in [3.05, 3.63) is 82.4 Å². The van der Waals surface area contributed by atoms with Gasteiger partial charge in [-0.15, -0.1) is 0 Å². The normalized spacial score (nSPS) is 16.3. The van der Waals surface area contributed by atoms with Crippen LogP contribution in [-0.4, -0.2) is 62.3 Å². The molecular weight excluding hydrogens is 534 g/mol. The number of rotatable bonds is 8. The number of phenols is 4. The summed E-state index contributed by atoms with van der Waals surface area (Å²) in [5.41, 5.74) is -1.34. The lowest BCUT2D eigenvalue weighted by Gasteiger charge is -2.21. The minimum atomic E-state index is -1.07. The van der Waals surface area contributed by atoms with Gasteiger partial charge in [-0.25, -0.2) is 9.59 Å². The van der Waals surface area contributed by atoms with Crippen LogP contribution in [0.25, 0.3) is 0 Å². The topological polar surface area (TPSA) is 180 Å². The Morgan fingerprint density at radius 3 is 2.10 bits per heavy atom. The molecule has 11 nitrogen and oxygen atoms in total. The number of nitrogens with one attached hydrogen (secondary N) is 1. The van der Waals surface area contributed by atoms with Crippen molar-refractivity contribution >= 4 is 23.6 Å². The van der Waals surface area contributed by atoms with Crippen LogP contribution >= 0.6 is 0 Å². The first-order chi connectivity index (χ1) is 19.5. The molecule has 4 rings (SSSR count). The van der Waals surface area contributed by atoms with E-state index in [0.29, 0.717) is 24.8 Å². The Morgan fingerprint density at radius 1 is 0.805 bits per heavy atom. The maximum atomic E-state index is 13.3. The summed E-state index contributed by atoms with van der Waals surface area (Å²) in [6, 6.07) is 10.8. The summed E-state index contributed by atoms with van der Waals surface area (Å²) in [7, 11) is 0. The molecule has 1 saturated carbocycles. The fourth-order valence-corrected chi connectivity index (χ4v) is 4.62. The third kappa shape index (κ3) is 6.40. The van der Waals surface area contributed by atoms with Crippen LogP contribution in [0.1, 0.15) is 80.1 Å². The van der Waals surface area contributed by atoms with Gasteiger partial charge in [-0.1, -0.05) is 6.07 Å². The highest BCUT2D eigenvalue weighted by Gasteiger charge is 2.33. The van der Waals surface area contributed by atoms with E-state index in [1.807, 2.05) is 0 Å². The van der Waals surface area contributed by atoms with Gasteiger partial charge in [-0.3, -0.25) is 9.59 Å². The number of esters is 2. The molecule has 0 unspecified atom stereocenters. The van der Waals surface area contributed by atoms with Crippen LogP contribution in [0, 0.1) is 0 Å². The summed E-state index contributed by atoms with van der Waals surface area (Å²) in [6.45, 7) is 3.21. The Kier molecular flexibility index (Phi) is 8.46.